The average molecular weight is 359 g/mol. The minimum absolute atomic E-state index is 0.626. The van der Waals surface area contributed by atoms with Crippen LogP contribution in [0.2, 0.25) is 0 Å². The highest BCUT2D eigenvalue weighted by atomic mass is 16.7. The summed E-state index contributed by atoms with van der Waals surface area (Å²) in [5, 5.41) is 1.83. The van der Waals surface area contributed by atoms with E-state index < -0.39 is 0 Å². The van der Waals surface area contributed by atoms with Crippen LogP contribution in [-0.2, 0) is 0 Å². The Balaban J connectivity index is 1.73. The molecular weight excluding hydrogens is 338 g/mol. The number of fused-ring (bicyclic) bond motifs is 1. The molecule has 27 heavy (non-hydrogen) atoms. The molecule has 0 amide bonds. The Hall–Kier alpha value is -3.41. The molecule has 0 aliphatic heterocycles. The van der Waals surface area contributed by atoms with Gasteiger partial charge in [-0.2, -0.15) is 5.06 Å². The SMILES string of the molecule is CCCCN(Oc1ccccc1-c1ccccc1)c1ncnc2nc[nH]c12. The molecule has 2 aromatic heterocycles. The molecular formula is C21H21N5O. The van der Waals surface area contributed by atoms with Crippen molar-refractivity contribution in [2.45, 2.75) is 19.8 Å². The predicted molar refractivity (Wildman–Crippen MR) is 106 cm³/mol. The van der Waals surface area contributed by atoms with Crippen LogP contribution < -0.4 is 9.90 Å². The van der Waals surface area contributed by atoms with E-state index in [0.29, 0.717) is 18.0 Å². The number of para-hydroxylation sites is 1. The molecule has 0 aliphatic carbocycles. The predicted octanol–water partition coefficient (Wildman–Crippen LogP) is 4.62. The smallest absolute Gasteiger partial charge is 0.192 e. The Labute approximate surface area is 157 Å². The molecule has 0 saturated carbocycles. The van der Waals surface area contributed by atoms with Crippen LogP contribution >= 0.6 is 0 Å². The van der Waals surface area contributed by atoms with Crippen molar-refractivity contribution in [3.63, 3.8) is 0 Å². The Morgan fingerprint density at radius 2 is 1.78 bits per heavy atom. The van der Waals surface area contributed by atoms with Crippen molar-refractivity contribution in [3.05, 3.63) is 67.3 Å². The van der Waals surface area contributed by atoms with E-state index >= 15 is 0 Å². The summed E-state index contributed by atoms with van der Waals surface area (Å²) in [4.78, 5) is 22.4. The maximum Gasteiger partial charge on any atom is 0.192 e. The minimum atomic E-state index is 0.626. The molecule has 0 bridgehead atoms. The van der Waals surface area contributed by atoms with Crippen molar-refractivity contribution >= 4 is 17.0 Å². The number of hydrogen-bond donors (Lipinski definition) is 1. The molecule has 2 heterocycles. The molecule has 6 heteroatoms. The minimum Gasteiger partial charge on any atom is -0.377 e. The lowest BCUT2D eigenvalue weighted by Crippen LogP contribution is -2.29. The highest BCUT2D eigenvalue weighted by molar-refractivity contribution is 5.82. The average Bonchev–Trinajstić information content (AvgIpc) is 3.21. The fourth-order valence-electron chi connectivity index (χ4n) is 2.96. The van der Waals surface area contributed by atoms with E-state index in [1.165, 1.54) is 6.33 Å². The number of unbranched alkanes of at least 4 members (excludes halogenated alkanes) is 1. The second-order valence-corrected chi connectivity index (χ2v) is 6.21. The van der Waals surface area contributed by atoms with E-state index in [9.17, 15) is 0 Å². The highest BCUT2D eigenvalue weighted by Crippen LogP contribution is 2.31. The number of hydrogen-bond acceptors (Lipinski definition) is 5. The summed E-state index contributed by atoms with van der Waals surface area (Å²) in [5.74, 6) is 1.47. The number of hydroxylamine groups is 1. The third-order valence-corrected chi connectivity index (χ3v) is 4.33. The number of aromatic amines is 1. The molecule has 0 aliphatic rings. The lowest BCUT2D eigenvalue weighted by atomic mass is 10.1. The van der Waals surface area contributed by atoms with Crippen molar-refractivity contribution in [2.24, 2.45) is 0 Å². The van der Waals surface area contributed by atoms with Gasteiger partial charge in [-0.3, -0.25) is 0 Å². The number of benzene rings is 2. The normalized spacial score (nSPS) is 10.9. The van der Waals surface area contributed by atoms with E-state index in [1.807, 2.05) is 41.5 Å². The summed E-state index contributed by atoms with van der Waals surface area (Å²) < 4.78 is 0. The summed E-state index contributed by atoms with van der Waals surface area (Å²) >= 11 is 0. The summed E-state index contributed by atoms with van der Waals surface area (Å²) in [5.41, 5.74) is 3.54. The molecule has 0 fully saturated rings. The zero-order chi connectivity index (χ0) is 18.5. The topological polar surface area (TPSA) is 66.9 Å². The Bertz CT molecular complexity index is 1020. The van der Waals surface area contributed by atoms with Gasteiger partial charge in [-0.25, -0.2) is 15.0 Å². The molecule has 0 spiro atoms. The molecule has 0 unspecified atom stereocenters. The van der Waals surface area contributed by atoms with E-state index in [0.717, 1.165) is 35.2 Å². The maximum absolute atomic E-state index is 6.36. The molecule has 0 saturated heterocycles. The fourth-order valence-corrected chi connectivity index (χ4v) is 2.96. The number of imidazole rings is 1. The standard InChI is InChI=1S/C21H21N5O/c1-2-3-13-26(21-19-20(23-14-22-19)24-15-25-21)27-18-12-8-7-11-17(18)16-9-5-4-6-10-16/h4-12,14-15H,2-3,13H2,1H3,(H,22,23,24,25). The van der Waals surface area contributed by atoms with Crippen LogP contribution in [0.1, 0.15) is 19.8 Å². The van der Waals surface area contributed by atoms with E-state index in [4.69, 9.17) is 4.84 Å². The third kappa shape index (κ3) is 3.60. The van der Waals surface area contributed by atoms with Crippen LogP contribution in [0.3, 0.4) is 0 Å². The molecule has 4 rings (SSSR count). The van der Waals surface area contributed by atoms with Gasteiger partial charge in [0.15, 0.2) is 17.2 Å². The first-order chi connectivity index (χ1) is 13.4. The molecule has 0 atom stereocenters. The van der Waals surface area contributed by atoms with Crippen molar-refractivity contribution in [1.82, 2.24) is 19.9 Å². The number of anilines is 1. The van der Waals surface area contributed by atoms with Crippen molar-refractivity contribution in [2.75, 3.05) is 11.6 Å². The van der Waals surface area contributed by atoms with Crippen LogP contribution in [0.15, 0.2) is 67.3 Å². The summed E-state index contributed by atoms with van der Waals surface area (Å²) in [7, 11) is 0. The van der Waals surface area contributed by atoms with Gasteiger partial charge in [0.2, 0.25) is 0 Å². The summed E-state index contributed by atoms with van der Waals surface area (Å²) in [6, 6.07) is 18.3. The first-order valence-corrected chi connectivity index (χ1v) is 9.11. The van der Waals surface area contributed by atoms with E-state index in [-0.39, 0.29) is 0 Å². The highest BCUT2D eigenvalue weighted by Gasteiger charge is 2.17. The van der Waals surface area contributed by atoms with Gasteiger partial charge in [-0.15, -0.1) is 0 Å². The van der Waals surface area contributed by atoms with Gasteiger partial charge in [-0.05, 0) is 18.1 Å². The second kappa shape index (κ2) is 7.86. The van der Waals surface area contributed by atoms with E-state index in [1.54, 1.807) is 6.33 Å². The monoisotopic (exact) mass is 359 g/mol. The van der Waals surface area contributed by atoms with Gasteiger partial charge in [0.1, 0.15) is 11.8 Å². The van der Waals surface area contributed by atoms with Crippen molar-refractivity contribution in [1.29, 1.82) is 0 Å². The number of rotatable bonds is 7. The lowest BCUT2D eigenvalue weighted by molar-refractivity contribution is 0.275. The third-order valence-electron chi connectivity index (χ3n) is 4.33. The first-order valence-electron chi connectivity index (χ1n) is 9.11. The zero-order valence-electron chi connectivity index (χ0n) is 15.2. The number of nitrogens with one attached hydrogen (secondary N) is 1. The van der Waals surface area contributed by atoms with Crippen LogP contribution in [0.4, 0.5) is 5.82 Å². The molecule has 4 aromatic rings. The van der Waals surface area contributed by atoms with Gasteiger partial charge in [0.05, 0.1) is 12.9 Å². The molecule has 136 valence electrons. The molecule has 0 radical (unpaired) electrons. The van der Waals surface area contributed by atoms with Gasteiger partial charge in [0.25, 0.3) is 0 Å². The van der Waals surface area contributed by atoms with Crippen molar-refractivity contribution in [3.8, 4) is 16.9 Å². The zero-order valence-corrected chi connectivity index (χ0v) is 15.2. The Kier molecular flexibility index (Phi) is 4.96. The molecule has 2 aromatic carbocycles. The van der Waals surface area contributed by atoms with Gasteiger partial charge < -0.3 is 9.82 Å². The summed E-state index contributed by atoms with van der Waals surface area (Å²) in [6.45, 7) is 2.87. The molecule has 6 nitrogen and oxygen atoms in total. The Morgan fingerprint density at radius 1 is 0.963 bits per heavy atom. The lowest BCUT2D eigenvalue weighted by Gasteiger charge is -2.24. The second-order valence-electron chi connectivity index (χ2n) is 6.21. The largest absolute Gasteiger partial charge is 0.377 e. The van der Waals surface area contributed by atoms with Gasteiger partial charge in [0, 0.05) is 5.56 Å². The Morgan fingerprint density at radius 3 is 2.63 bits per heavy atom. The van der Waals surface area contributed by atoms with E-state index in [2.05, 4.69) is 45.1 Å². The quantitative estimate of drug-likeness (QED) is 0.488. The number of H-pyrrole nitrogens is 1. The fraction of sp³-hybridized carbons (Fsp3) is 0.190. The van der Waals surface area contributed by atoms with Crippen LogP contribution in [0.25, 0.3) is 22.3 Å². The van der Waals surface area contributed by atoms with Crippen LogP contribution in [-0.4, -0.2) is 26.5 Å². The molecule has 1 N–H and O–H groups in total. The van der Waals surface area contributed by atoms with Gasteiger partial charge in [-0.1, -0.05) is 61.9 Å². The van der Waals surface area contributed by atoms with Crippen molar-refractivity contribution < 1.29 is 4.84 Å². The maximum atomic E-state index is 6.36. The van der Waals surface area contributed by atoms with Crippen LogP contribution in [0, 0.1) is 0 Å². The number of nitrogens with zero attached hydrogens (tertiary/aromatic N) is 4. The summed E-state index contributed by atoms with van der Waals surface area (Å²) in [6.07, 6.45) is 5.17. The van der Waals surface area contributed by atoms with Gasteiger partial charge >= 0.3 is 0 Å². The first kappa shape index (κ1) is 17.0. The van der Waals surface area contributed by atoms with Crippen LogP contribution in [0.5, 0.6) is 5.75 Å². The number of aromatic nitrogens is 4.